The van der Waals surface area contributed by atoms with E-state index in [1.807, 2.05) is 25.1 Å². The summed E-state index contributed by atoms with van der Waals surface area (Å²) in [5.41, 5.74) is 7.57. The van der Waals surface area contributed by atoms with Crippen LogP contribution in [0.15, 0.2) is 24.4 Å². The van der Waals surface area contributed by atoms with Crippen molar-refractivity contribution in [2.75, 3.05) is 24.8 Å². The van der Waals surface area contributed by atoms with Gasteiger partial charge in [0.2, 0.25) is 5.95 Å². The molecule has 3 N–H and O–H groups in total. The summed E-state index contributed by atoms with van der Waals surface area (Å²) in [6, 6.07) is 5.83. The minimum Gasteiger partial charge on any atom is -0.493 e. The Kier molecular flexibility index (Phi) is 5.41. The average molecular weight is 302 g/mol. The van der Waals surface area contributed by atoms with Crippen molar-refractivity contribution in [3.8, 4) is 11.5 Å². The van der Waals surface area contributed by atoms with E-state index >= 15 is 0 Å². The van der Waals surface area contributed by atoms with Gasteiger partial charge in [0.15, 0.2) is 11.5 Å². The second kappa shape index (κ2) is 7.49. The van der Waals surface area contributed by atoms with E-state index in [2.05, 4.69) is 22.2 Å². The van der Waals surface area contributed by atoms with Crippen molar-refractivity contribution in [3.63, 3.8) is 0 Å². The van der Waals surface area contributed by atoms with Crippen LogP contribution in [0.4, 0.5) is 11.8 Å². The van der Waals surface area contributed by atoms with Crippen molar-refractivity contribution in [2.24, 2.45) is 0 Å². The maximum absolute atomic E-state index is 5.83. The Hall–Kier alpha value is -2.50. The van der Waals surface area contributed by atoms with Crippen molar-refractivity contribution in [1.82, 2.24) is 9.97 Å². The first-order valence-electron chi connectivity index (χ1n) is 7.27. The van der Waals surface area contributed by atoms with E-state index in [1.54, 1.807) is 13.3 Å². The molecule has 0 aliphatic rings. The summed E-state index contributed by atoms with van der Waals surface area (Å²) in [5, 5.41) is 3.27. The number of hydrogen-bond donors (Lipinski definition) is 2. The van der Waals surface area contributed by atoms with E-state index in [-0.39, 0.29) is 5.95 Å². The molecule has 0 spiro atoms. The molecule has 6 heteroatoms. The van der Waals surface area contributed by atoms with Gasteiger partial charge in [-0.05, 0) is 19.4 Å². The smallest absolute Gasteiger partial charge is 0.221 e. The Morgan fingerprint density at radius 3 is 2.86 bits per heavy atom. The fourth-order valence-electron chi connectivity index (χ4n) is 2.04. The number of nitrogens with two attached hydrogens (primary N) is 1. The topological polar surface area (TPSA) is 82.3 Å². The summed E-state index contributed by atoms with van der Waals surface area (Å²) < 4.78 is 11.2. The Bertz CT molecular complexity index is 632. The molecule has 6 nitrogen and oxygen atoms in total. The maximum Gasteiger partial charge on any atom is 0.221 e. The van der Waals surface area contributed by atoms with Crippen LogP contribution in [0.3, 0.4) is 0 Å². The van der Waals surface area contributed by atoms with Crippen LogP contribution < -0.4 is 20.5 Å². The highest BCUT2D eigenvalue weighted by atomic mass is 16.5. The fraction of sp³-hybridized carbons (Fsp3) is 0.375. The van der Waals surface area contributed by atoms with E-state index in [1.165, 1.54) is 0 Å². The van der Waals surface area contributed by atoms with Crippen molar-refractivity contribution in [1.29, 1.82) is 0 Å². The summed E-state index contributed by atoms with van der Waals surface area (Å²) >= 11 is 0. The monoisotopic (exact) mass is 302 g/mol. The third-order valence-corrected chi connectivity index (χ3v) is 3.17. The van der Waals surface area contributed by atoms with Gasteiger partial charge in [0.05, 0.1) is 13.7 Å². The standard InChI is InChI=1S/C16H22N4O2/c1-4-8-22-14-12(6-5-7-13(14)21-3)10-18-15-11(2)9-19-16(17)20-15/h5-7,9H,4,8,10H2,1-3H3,(H3,17,18,19,20). The molecular weight excluding hydrogens is 280 g/mol. The molecule has 22 heavy (non-hydrogen) atoms. The SMILES string of the molecule is CCCOc1c(CNc2nc(N)ncc2C)cccc1OC. The van der Waals surface area contributed by atoms with E-state index in [0.29, 0.717) is 13.2 Å². The number of aryl methyl sites for hydroxylation is 1. The number of ether oxygens (including phenoxy) is 2. The fourth-order valence-corrected chi connectivity index (χ4v) is 2.04. The number of nitrogens with zero attached hydrogens (tertiary/aromatic N) is 2. The molecular formula is C16H22N4O2. The first-order valence-corrected chi connectivity index (χ1v) is 7.27. The first-order chi connectivity index (χ1) is 10.7. The molecule has 1 heterocycles. The Labute approximate surface area is 130 Å². The molecule has 0 bridgehead atoms. The van der Waals surface area contributed by atoms with E-state index in [4.69, 9.17) is 15.2 Å². The molecule has 0 atom stereocenters. The van der Waals surface area contributed by atoms with E-state index in [9.17, 15) is 0 Å². The zero-order valence-electron chi connectivity index (χ0n) is 13.2. The van der Waals surface area contributed by atoms with Crippen molar-refractivity contribution < 1.29 is 9.47 Å². The van der Waals surface area contributed by atoms with Gasteiger partial charge in [0.25, 0.3) is 0 Å². The van der Waals surface area contributed by atoms with Gasteiger partial charge >= 0.3 is 0 Å². The van der Waals surface area contributed by atoms with Crippen molar-refractivity contribution in [3.05, 3.63) is 35.5 Å². The minimum absolute atomic E-state index is 0.251. The number of methoxy groups -OCH3 is 1. The third-order valence-electron chi connectivity index (χ3n) is 3.17. The molecule has 1 aromatic carbocycles. The first kappa shape index (κ1) is 15.9. The molecule has 2 rings (SSSR count). The van der Waals surface area contributed by atoms with Gasteiger partial charge in [-0.25, -0.2) is 4.98 Å². The molecule has 118 valence electrons. The number of benzene rings is 1. The Balaban J connectivity index is 2.19. The largest absolute Gasteiger partial charge is 0.493 e. The second-order valence-corrected chi connectivity index (χ2v) is 4.91. The lowest BCUT2D eigenvalue weighted by Gasteiger charge is -2.16. The van der Waals surface area contributed by atoms with Gasteiger partial charge in [-0.3, -0.25) is 0 Å². The maximum atomic E-state index is 5.83. The zero-order chi connectivity index (χ0) is 15.9. The highest BCUT2D eigenvalue weighted by Gasteiger charge is 2.11. The highest BCUT2D eigenvalue weighted by molar-refractivity contribution is 5.50. The normalized spacial score (nSPS) is 10.3. The van der Waals surface area contributed by atoms with Gasteiger partial charge in [-0.1, -0.05) is 19.1 Å². The molecule has 1 aromatic heterocycles. The van der Waals surface area contributed by atoms with Crippen LogP contribution in [-0.4, -0.2) is 23.7 Å². The molecule has 2 aromatic rings. The molecule has 0 saturated heterocycles. The number of nitrogen functional groups attached to an aromatic ring is 1. The number of nitrogens with one attached hydrogen (secondary N) is 1. The zero-order valence-corrected chi connectivity index (χ0v) is 13.2. The summed E-state index contributed by atoms with van der Waals surface area (Å²) in [5.74, 6) is 2.46. The third kappa shape index (κ3) is 3.78. The van der Waals surface area contributed by atoms with Crippen LogP contribution in [0.1, 0.15) is 24.5 Å². The minimum atomic E-state index is 0.251. The van der Waals surface area contributed by atoms with Crippen LogP contribution in [0.5, 0.6) is 11.5 Å². The predicted molar refractivity (Wildman–Crippen MR) is 87.3 cm³/mol. The van der Waals surface area contributed by atoms with Gasteiger partial charge in [0.1, 0.15) is 5.82 Å². The molecule has 0 amide bonds. The van der Waals surface area contributed by atoms with Gasteiger partial charge in [0, 0.05) is 23.9 Å². The number of anilines is 2. The lowest BCUT2D eigenvalue weighted by molar-refractivity contribution is 0.291. The van der Waals surface area contributed by atoms with Gasteiger partial charge in [-0.2, -0.15) is 4.98 Å². The summed E-state index contributed by atoms with van der Waals surface area (Å²) in [4.78, 5) is 8.17. The number of rotatable bonds is 7. The molecule has 0 aliphatic heterocycles. The number of hydrogen-bond acceptors (Lipinski definition) is 6. The van der Waals surface area contributed by atoms with Crippen LogP contribution in [0, 0.1) is 6.92 Å². The molecule has 0 saturated carbocycles. The summed E-state index contributed by atoms with van der Waals surface area (Å²) in [6.45, 7) is 5.21. The van der Waals surface area contributed by atoms with Crippen LogP contribution in [-0.2, 0) is 6.54 Å². The van der Waals surface area contributed by atoms with Gasteiger partial charge in [-0.15, -0.1) is 0 Å². The van der Waals surface area contributed by atoms with Crippen molar-refractivity contribution in [2.45, 2.75) is 26.8 Å². The van der Waals surface area contributed by atoms with Crippen LogP contribution >= 0.6 is 0 Å². The summed E-state index contributed by atoms with van der Waals surface area (Å²) in [6.07, 6.45) is 2.64. The Morgan fingerprint density at radius 1 is 1.32 bits per heavy atom. The van der Waals surface area contributed by atoms with Crippen LogP contribution in [0.2, 0.25) is 0 Å². The lowest BCUT2D eigenvalue weighted by Crippen LogP contribution is -2.08. The van der Waals surface area contributed by atoms with E-state index in [0.717, 1.165) is 34.9 Å². The van der Waals surface area contributed by atoms with Crippen molar-refractivity contribution >= 4 is 11.8 Å². The quantitative estimate of drug-likeness (QED) is 0.818. The van der Waals surface area contributed by atoms with Crippen LogP contribution in [0.25, 0.3) is 0 Å². The predicted octanol–water partition coefficient (Wildman–Crippen LogP) is 2.78. The molecule has 0 unspecified atom stereocenters. The van der Waals surface area contributed by atoms with E-state index < -0.39 is 0 Å². The molecule has 0 fully saturated rings. The Morgan fingerprint density at radius 2 is 2.14 bits per heavy atom. The lowest BCUT2D eigenvalue weighted by atomic mass is 10.1. The average Bonchev–Trinajstić information content (AvgIpc) is 2.53. The second-order valence-electron chi connectivity index (χ2n) is 4.91. The number of para-hydroxylation sites is 1. The van der Waals surface area contributed by atoms with Gasteiger partial charge < -0.3 is 20.5 Å². The number of aromatic nitrogens is 2. The highest BCUT2D eigenvalue weighted by Crippen LogP contribution is 2.31. The summed E-state index contributed by atoms with van der Waals surface area (Å²) in [7, 11) is 1.64. The molecule has 0 radical (unpaired) electrons. The molecule has 0 aliphatic carbocycles.